The van der Waals surface area contributed by atoms with Gasteiger partial charge in [0.25, 0.3) is 5.56 Å². The van der Waals surface area contributed by atoms with Crippen LogP contribution in [-0.2, 0) is 20.0 Å². The van der Waals surface area contributed by atoms with E-state index in [4.69, 9.17) is 0 Å². The quantitative estimate of drug-likeness (QED) is 0.809. The van der Waals surface area contributed by atoms with Gasteiger partial charge in [-0.3, -0.25) is 19.0 Å². The second-order valence-corrected chi connectivity index (χ2v) is 4.38. The standard InChI is InChI=1S/C12H16N4O3/c1-4-9-10(17)14-12(19)16(11(9)18)6-8-5-13-15(3)7(8)2/h5,18H,4,6H2,1-3H3,(H,14,17,19). The van der Waals surface area contributed by atoms with Gasteiger partial charge in [-0.15, -0.1) is 0 Å². The van der Waals surface area contributed by atoms with E-state index in [1.54, 1.807) is 24.9 Å². The molecule has 0 bridgehead atoms. The molecule has 0 aromatic carbocycles. The molecule has 7 heteroatoms. The normalized spacial score (nSPS) is 10.9. The van der Waals surface area contributed by atoms with Gasteiger partial charge in [-0.25, -0.2) is 4.79 Å². The summed E-state index contributed by atoms with van der Waals surface area (Å²) in [5.41, 5.74) is 0.762. The van der Waals surface area contributed by atoms with Gasteiger partial charge in [-0.2, -0.15) is 5.10 Å². The highest BCUT2D eigenvalue weighted by molar-refractivity contribution is 5.25. The third-order valence-corrected chi connectivity index (χ3v) is 3.28. The summed E-state index contributed by atoms with van der Waals surface area (Å²) in [6.07, 6.45) is 1.99. The van der Waals surface area contributed by atoms with E-state index in [9.17, 15) is 14.7 Å². The smallest absolute Gasteiger partial charge is 0.331 e. The second kappa shape index (κ2) is 4.75. The number of hydrogen-bond acceptors (Lipinski definition) is 4. The Balaban J connectivity index is 2.55. The number of rotatable bonds is 3. The average Bonchev–Trinajstić information content (AvgIpc) is 2.66. The van der Waals surface area contributed by atoms with Crippen molar-refractivity contribution in [3.05, 3.63) is 43.9 Å². The lowest BCUT2D eigenvalue weighted by molar-refractivity contribution is 0.402. The van der Waals surface area contributed by atoms with Crippen LogP contribution < -0.4 is 11.2 Å². The Morgan fingerprint density at radius 2 is 2.11 bits per heavy atom. The molecule has 0 aliphatic rings. The lowest BCUT2D eigenvalue weighted by Crippen LogP contribution is -2.32. The summed E-state index contributed by atoms with van der Waals surface area (Å²) in [6.45, 7) is 3.79. The first-order valence-corrected chi connectivity index (χ1v) is 5.98. The van der Waals surface area contributed by atoms with Crippen molar-refractivity contribution >= 4 is 0 Å². The van der Waals surface area contributed by atoms with E-state index in [0.29, 0.717) is 6.42 Å². The van der Waals surface area contributed by atoms with E-state index in [1.807, 2.05) is 6.92 Å². The summed E-state index contributed by atoms with van der Waals surface area (Å²) >= 11 is 0. The first-order valence-electron chi connectivity index (χ1n) is 5.98. The molecule has 7 nitrogen and oxygen atoms in total. The van der Waals surface area contributed by atoms with Gasteiger partial charge in [-0.1, -0.05) is 6.92 Å². The Hall–Kier alpha value is -2.31. The third kappa shape index (κ3) is 2.18. The molecule has 0 saturated carbocycles. The monoisotopic (exact) mass is 264 g/mol. The van der Waals surface area contributed by atoms with E-state index in [0.717, 1.165) is 15.8 Å². The van der Waals surface area contributed by atoms with Crippen molar-refractivity contribution < 1.29 is 5.11 Å². The number of aromatic hydroxyl groups is 1. The van der Waals surface area contributed by atoms with Crippen LogP contribution in [0.25, 0.3) is 0 Å². The molecular formula is C12H16N4O3. The van der Waals surface area contributed by atoms with Gasteiger partial charge >= 0.3 is 5.69 Å². The maximum Gasteiger partial charge on any atom is 0.331 e. The first kappa shape index (κ1) is 13.1. The van der Waals surface area contributed by atoms with Crippen molar-refractivity contribution in [3.63, 3.8) is 0 Å². The third-order valence-electron chi connectivity index (χ3n) is 3.28. The number of aromatic nitrogens is 4. The fourth-order valence-electron chi connectivity index (χ4n) is 1.94. The molecule has 0 aliphatic carbocycles. The van der Waals surface area contributed by atoms with Crippen LogP contribution in [0.5, 0.6) is 5.88 Å². The van der Waals surface area contributed by atoms with Gasteiger partial charge in [0.15, 0.2) is 0 Å². The van der Waals surface area contributed by atoms with Crippen LogP contribution in [0, 0.1) is 6.92 Å². The maximum absolute atomic E-state index is 11.8. The zero-order chi connectivity index (χ0) is 14.2. The molecule has 0 amide bonds. The van der Waals surface area contributed by atoms with Gasteiger partial charge in [0.2, 0.25) is 5.88 Å². The maximum atomic E-state index is 11.8. The number of nitrogens with one attached hydrogen (secondary N) is 1. The van der Waals surface area contributed by atoms with E-state index in [1.165, 1.54) is 0 Å². The SMILES string of the molecule is CCc1c(O)n(Cc2cnn(C)c2C)c(=O)[nH]c1=O. The topological polar surface area (TPSA) is 92.9 Å². The lowest BCUT2D eigenvalue weighted by Gasteiger charge is -2.10. The van der Waals surface area contributed by atoms with Gasteiger partial charge in [0.1, 0.15) is 0 Å². The molecular weight excluding hydrogens is 248 g/mol. The summed E-state index contributed by atoms with van der Waals surface area (Å²) in [5, 5.41) is 14.1. The fraction of sp³-hybridized carbons (Fsp3) is 0.417. The molecule has 2 aromatic rings. The molecule has 0 fully saturated rings. The molecule has 0 unspecified atom stereocenters. The van der Waals surface area contributed by atoms with Crippen LogP contribution in [0.1, 0.15) is 23.7 Å². The highest BCUT2D eigenvalue weighted by Crippen LogP contribution is 2.14. The van der Waals surface area contributed by atoms with Gasteiger partial charge < -0.3 is 5.11 Å². The Morgan fingerprint density at radius 3 is 2.63 bits per heavy atom. The Morgan fingerprint density at radius 1 is 1.42 bits per heavy atom. The van der Waals surface area contributed by atoms with Crippen LogP contribution >= 0.6 is 0 Å². The molecule has 2 rings (SSSR count). The number of aromatic amines is 1. The Bertz CT molecular complexity index is 724. The van der Waals surface area contributed by atoms with E-state index < -0.39 is 11.2 Å². The average molecular weight is 264 g/mol. The number of aryl methyl sites for hydroxylation is 1. The summed E-state index contributed by atoms with van der Waals surface area (Å²) in [6, 6.07) is 0. The van der Waals surface area contributed by atoms with Crippen molar-refractivity contribution in [2.45, 2.75) is 26.8 Å². The summed E-state index contributed by atoms with van der Waals surface area (Å²) in [4.78, 5) is 25.5. The predicted octanol–water partition coefficient (Wildman–Crippen LogP) is -0.105. The number of H-pyrrole nitrogens is 1. The second-order valence-electron chi connectivity index (χ2n) is 4.38. The van der Waals surface area contributed by atoms with E-state index >= 15 is 0 Å². The molecule has 2 aromatic heterocycles. The summed E-state index contributed by atoms with van der Waals surface area (Å²) in [5.74, 6) is -0.278. The Labute approximate surface area is 109 Å². The lowest BCUT2D eigenvalue weighted by atomic mass is 10.2. The first-order chi connectivity index (χ1) is 8.95. The minimum atomic E-state index is -0.622. The number of hydrogen-bond donors (Lipinski definition) is 2. The van der Waals surface area contributed by atoms with E-state index in [2.05, 4.69) is 10.1 Å². The predicted molar refractivity (Wildman–Crippen MR) is 69.4 cm³/mol. The van der Waals surface area contributed by atoms with Crippen LogP contribution in [0.15, 0.2) is 15.8 Å². The molecule has 19 heavy (non-hydrogen) atoms. The van der Waals surface area contributed by atoms with Crippen molar-refractivity contribution in [2.75, 3.05) is 0 Å². The highest BCUT2D eigenvalue weighted by Gasteiger charge is 2.14. The van der Waals surface area contributed by atoms with Crippen molar-refractivity contribution in [2.24, 2.45) is 7.05 Å². The number of nitrogens with zero attached hydrogens (tertiary/aromatic N) is 3. The Kier molecular flexibility index (Phi) is 3.28. The zero-order valence-electron chi connectivity index (χ0n) is 11.1. The van der Waals surface area contributed by atoms with Crippen LogP contribution in [0.4, 0.5) is 0 Å². The molecule has 0 saturated heterocycles. The molecule has 0 aliphatic heterocycles. The van der Waals surface area contributed by atoms with Crippen LogP contribution in [0.2, 0.25) is 0 Å². The van der Waals surface area contributed by atoms with Crippen LogP contribution in [0.3, 0.4) is 0 Å². The highest BCUT2D eigenvalue weighted by atomic mass is 16.3. The fourth-order valence-corrected chi connectivity index (χ4v) is 1.94. The minimum Gasteiger partial charge on any atom is -0.494 e. The summed E-state index contributed by atoms with van der Waals surface area (Å²) in [7, 11) is 1.80. The molecule has 0 atom stereocenters. The van der Waals surface area contributed by atoms with Crippen molar-refractivity contribution in [3.8, 4) is 5.88 Å². The molecule has 0 spiro atoms. The van der Waals surface area contributed by atoms with Gasteiger partial charge in [0, 0.05) is 18.3 Å². The van der Waals surface area contributed by atoms with Gasteiger partial charge in [-0.05, 0) is 13.3 Å². The van der Waals surface area contributed by atoms with Crippen molar-refractivity contribution in [1.82, 2.24) is 19.3 Å². The molecule has 102 valence electrons. The molecule has 0 radical (unpaired) electrons. The molecule has 2 heterocycles. The van der Waals surface area contributed by atoms with Crippen LogP contribution in [-0.4, -0.2) is 24.4 Å². The minimum absolute atomic E-state index is 0.175. The molecule has 2 N–H and O–H groups in total. The zero-order valence-corrected chi connectivity index (χ0v) is 11.1. The van der Waals surface area contributed by atoms with E-state index in [-0.39, 0.29) is 18.0 Å². The summed E-state index contributed by atoms with van der Waals surface area (Å²) < 4.78 is 2.83. The van der Waals surface area contributed by atoms with Crippen molar-refractivity contribution in [1.29, 1.82) is 0 Å². The largest absolute Gasteiger partial charge is 0.494 e. The van der Waals surface area contributed by atoms with Gasteiger partial charge in [0.05, 0.1) is 18.3 Å².